The Bertz CT molecular complexity index is 552. The topological polar surface area (TPSA) is 45.8 Å². The molecule has 0 spiro atoms. The Morgan fingerprint density at radius 1 is 1.26 bits per heavy atom. The first-order chi connectivity index (χ1) is 9.04. The maximum Gasteiger partial charge on any atom is 0.137 e. The van der Waals surface area contributed by atoms with Gasteiger partial charge in [0, 0.05) is 0 Å². The maximum atomic E-state index is 11.0. The third-order valence-corrected chi connectivity index (χ3v) is 2.95. The number of H-pyrrole nitrogens is 1. The van der Waals surface area contributed by atoms with Crippen molar-refractivity contribution in [3.05, 3.63) is 41.9 Å². The first-order valence-corrected chi connectivity index (χ1v) is 6.67. The van der Waals surface area contributed by atoms with Crippen LogP contribution in [0.3, 0.4) is 0 Å². The largest absolute Gasteiger partial charge is 0.342 e. The molecule has 0 amide bonds. The monoisotopic (exact) mass is 256 g/mol. The average Bonchev–Trinajstić information content (AvgIpc) is 2.76. The van der Waals surface area contributed by atoms with Crippen molar-refractivity contribution < 1.29 is 4.79 Å². The molecule has 19 heavy (non-hydrogen) atoms. The summed E-state index contributed by atoms with van der Waals surface area (Å²) in [5.74, 6) is 1.52. The highest BCUT2D eigenvalue weighted by Crippen LogP contribution is 2.19. The van der Waals surface area contributed by atoms with E-state index in [9.17, 15) is 4.79 Å². The second-order valence-corrected chi connectivity index (χ2v) is 5.42. The number of nitrogens with one attached hydrogen (secondary N) is 1. The Morgan fingerprint density at radius 2 is 1.95 bits per heavy atom. The predicted octanol–water partition coefficient (Wildman–Crippen LogP) is 3.41. The molecule has 0 aliphatic heterocycles. The highest BCUT2D eigenvalue weighted by atomic mass is 16.1. The quantitative estimate of drug-likeness (QED) is 0.891. The number of rotatable bonds is 5. The second kappa shape index (κ2) is 5.83. The summed E-state index contributed by atoms with van der Waals surface area (Å²) in [5, 5.41) is 0. The fourth-order valence-corrected chi connectivity index (χ4v) is 2.13. The van der Waals surface area contributed by atoms with Crippen molar-refractivity contribution in [2.24, 2.45) is 5.92 Å². The molecule has 100 valence electrons. The van der Waals surface area contributed by atoms with E-state index in [2.05, 4.69) is 48.1 Å². The molecule has 3 nitrogen and oxygen atoms in total. The van der Waals surface area contributed by atoms with Gasteiger partial charge in [-0.05, 0) is 30.4 Å². The van der Waals surface area contributed by atoms with Gasteiger partial charge < -0.3 is 4.98 Å². The highest BCUT2D eigenvalue weighted by Gasteiger charge is 2.05. The van der Waals surface area contributed by atoms with Gasteiger partial charge in [-0.3, -0.25) is 4.79 Å². The number of carbonyl (C=O) groups excluding carboxylic acids is 1. The van der Waals surface area contributed by atoms with Gasteiger partial charge in [-0.2, -0.15) is 0 Å². The molecular formula is C16H20N2O. The first-order valence-electron chi connectivity index (χ1n) is 6.67. The van der Waals surface area contributed by atoms with Crippen LogP contribution >= 0.6 is 0 Å². The summed E-state index contributed by atoms with van der Waals surface area (Å²) in [6, 6.07) is 8.51. The summed E-state index contributed by atoms with van der Waals surface area (Å²) < 4.78 is 0. The minimum Gasteiger partial charge on any atom is -0.342 e. The third-order valence-electron chi connectivity index (χ3n) is 2.95. The number of Topliss-reactive ketones (excluding diaryl/α,β-unsaturated/α-hetero) is 1. The lowest BCUT2D eigenvalue weighted by Crippen LogP contribution is -1.97. The Hall–Kier alpha value is -1.90. The van der Waals surface area contributed by atoms with Crippen LogP contribution in [0.15, 0.2) is 30.5 Å². The molecule has 1 aromatic carbocycles. The maximum absolute atomic E-state index is 11.0. The number of carbonyl (C=O) groups is 1. The molecule has 0 radical (unpaired) electrons. The van der Waals surface area contributed by atoms with Crippen LogP contribution < -0.4 is 0 Å². The molecule has 1 heterocycles. The van der Waals surface area contributed by atoms with E-state index in [1.54, 1.807) is 13.1 Å². The van der Waals surface area contributed by atoms with Gasteiger partial charge in [-0.1, -0.05) is 38.1 Å². The fraction of sp³-hybridized carbons (Fsp3) is 0.375. The highest BCUT2D eigenvalue weighted by molar-refractivity contribution is 5.77. The zero-order chi connectivity index (χ0) is 13.8. The number of ketones is 1. The number of aromatic nitrogens is 2. The molecule has 0 aliphatic rings. The first kappa shape index (κ1) is 13.5. The Kier molecular flexibility index (Phi) is 4.15. The number of nitrogens with zero attached hydrogens (tertiary/aromatic N) is 1. The summed E-state index contributed by atoms with van der Waals surface area (Å²) in [5.41, 5.74) is 3.42. The molecule has 2 aromatic rings. The van der Waals surface area contributed by atoms with Crippen molar-refractivity contribution >= 4 is 5.78 Å². The minimum absolute atomic E-state index is 0.119. The van der Waals surface area contributed by atoms with E-state index in [0.29, 0.717) is 12.3 Å². The van der Waals surface area contributed by atoms with Gasteiger partial charge in [0.2, 0.25) is 0 Å². The normalized spacial score (nSPS) is 10.9. The molecule has 1 N–H and O–H groups in total. The van der Waals surface area contributed by atoms with Crippen molar-refractivity contribution in [3.8, 4) is 11.3 Å². The molecule has 0 fully saturated rings. The molecule has 0 saturated heterocycles. The minimum atomic E-state index is 0.119. The Morgan fingerprint density at radius 3 is 2.53 bits per heavy atom. The van der Waals surface area contributed by atoms with Gasteiger partial charge in [0.15, 0.2) is 0 Å². The van der Waals surface area contributed by atoms with Gasteiger partial charge in [-0.15, -0.1) is 0 Å². The van der Waals surface area contributed by atoms with E-state index in [1.165, 1.54) is 5.56 Å². The summed E-state index contributed by atoms with van der Waals surface area (Å²) in [7, 11) is 0. The molecule has 3 heteroatoms. The van der Waals surface area contributed by atoms with Gasteiger partial charge in [0.1, 0.15) is 11.6 Å². The number of hydrogen-bond donors (Lipinski definition) is 1. The zero-order valence-electron chi connectivity index (χ0n) is 11.7. The number of hydrogen-bond acceptors (Lipinski definition) is 2. The second-order valence-electron chi connectivity index (χ2n) is 5.42. The average molecular weight is 256 g/mol. The van der Waals surface area contributed by atoms with Gasteiger partial charge in [0.05, 0.1) is 18.3 Å². The third kappa shape index (κ3) is 3.78. The summed E-state index contributed by atoms with van der Waals surface area (Å²) in [6.07, 6.45) is 3.25. The molecule has 0 unspecified atom stereocenters. The van der Waals surface area contributed by atoms with E-state index in [0.717, 1.165) is 23.5 Å². The van der Waals surface area contributed by atoms with E-state index in [1.807, 2.05) is 0 Å². The summed E-state index contributed by atoms with van der Waals surface area (Å²) >= 11 is 0. The van der Waals surface area contributed by atoms with Crippen molar-refractivity contribution in [1.82, 2.24) is 9.97 Å². The summed E-state index contributed by atoms with van der Waals surface area (Å²) in [6.45, 7) is 6.01. The molecular weight excluding hydrogens is 236 g/mol. The van der Waals surface area contributed by atoms with Crippen molar-refractivity contribution in [2.45, 2.75) is 33.6 Å². The van der Waals surface area contributed by atoms with Crippen LogP contribution in [-0.2, 0) is 17.6 Å². The van der Waals surface area contributed by atoms with E-state index >= 15 is 0 Å². The van der Waals surface area contributed by atoms with E-state index in [-0.39, 0.29) is 5.78 Å². The predicted molar refractivity (Wildman–Crippen MR) is 77.0 cm³/mol. The molecule has 0 atom stereocenters. The number of imidazole rings is 1. The zero-order valence-corrected chi connectivity index (χ0v) is 11.7. The van der Waals surface area contributed by atoms with Crippen molar-refractivity contribution in [2.75, 3.05) is 0 Å². The van der Waals surface area contributed by atoms with Crippen LogP contribution in [0.2, 0.25) is 0 Å². The van der Waals surface area contributed by atoms with Crippen LogP contribution in [-0.4, -0.2) is 15.8 Å². The lowest BCUT2D eigenvalue weighted by atomic mass is 10.0. The number of aromatic amines is 1. The lowest BCUT2D eigenvalue weighted by molar-refractivity contribution is -0.116. The molecule has 0 bridgehead atoms. The molecule has 0 aliphatic carbocycles. The van der Waals surface area contributed by atoms with Crippen molar-refractivity contribution in [1.29, 1.82) is 0 Å². The van der Waals surface area contributed by atoms with E-state index < -0.39 is 0 Å². The number of benzene rings is 1. The van der Waals surface area contributed by atoms with E-state index in [4.69, 9.17) is 0 Å². The Labute approximate surface area is 114 Å². The van der Waals surface area contributed by atoms with Gasteiger partial charge in [0.25, 0.3) is 0 Å². The van der Waals surface area contributed by atoms with Crippen LogP contribution in [0, 0.1) is 5.92 Å². The summed E-state index contributed by atoms with van der Waals surface area (Å²) in [4.78, 5) is 18.5. The van der Waals surface area contributed by atoms with Crippen LogP contribution in [0.1, 0.15) is 32.2 Å². The smallest absolute Gasteiger partial charge is 0.137 e. The van der Waals surface area contributed by atoms with Crippen molar-refractivity contribution in [3.63, 3.8) is 0 Å². The van der Waals surface area contributed by atoms with Crippen LogP contribution in [0.25, 0.3) is 11.3 Å². The fourth-order valence-electron chi connectivity index (χ4n) is 2.13. The SMILES string of the molecule is CC(=O)Cc1ncc(-c2ccc(CC(C)C)cc2)[nH]1. The molecule has 0 saturated carbocycles. The van der Waals surface area contributed by atoms with Crippen LogP contribution in [0.4, 0.5) is 0 Å². The Balaban J connectivity index is 2.13. The molecule has 2 rings (SSSR count). The standard InChI is InChI=1S/C16H20N2O/c1-11(2)8-13-4-6-14(7-5-13)15-10-17-16(18-15)9-12(3)19/h4-7,10-11H,8-9H2,1-3H3,(H,17,18). The van der Waals surface area contributed by atoms with Gasteiger partial charge >= 0.3 is 0 Å². The van der Waals surface area contributed by atoms with Crippen LogP contribution in [0.5, 0.6) is 0 Å². The lowest BCUT2D eigenvalue weighted by Gasteiger charge is -2.05. The molecule has 1 aromatic heterocycles. The van der Waals surface area contributed by atoms with Gasteiger partial charge in [-0.25, -0.2) is 4.98 Å².